The van der Waals surface area contributed by atoms with Crippen molar-refractivity contribution in [2.75, 3.05) is 5.32 Å². The Morgan fingerprint density at radius 3 is 2.58 bits per heavy atom. The number of fused-ring (bicyclic) bond motifs is 2. The van der Waals surface area contributed by atoms with Gasteiger partial charge in [0.05, 0.1) is 11.2 Å². The molecule has 0 saturated carbocycles. The van der Waals surface area contributed by atoms with E-state index in [1.807, 2.05) is 44.2 Å². The first-order chi connectivity index (χ1) is 18.2. The SMILES string of the molecule is CC(C)CC=Nn1c(=O)c(C2=NS(=O)(=O)c3cc(OCc4ccccc4)ccc3N2)c(O)c2ccccc21. The number of anilines is 1. The van der Waals surface area contributed by atoms with E-state index >= 15 is 0 Å². The fraction of sp³-hybridized carbons (Fsp3) is 0.179. The second-order valence-electron chi connectivity index (χ2n) is 9.26. The van der Waals surface area contributed by atoms with Crippen molar-refractivity contribution < 1.29 is 18.3 Å². The first kappa shape index (κ1) is 25.2. The van der Waals surface area contributed by atoms with Crippen molar-refractivity contribution in [1.82, 2.24) is 4.68 Å². The molecule has 0 bridgehead atoms. The number of nitrogens with one attached hydrogen (secondary N) is 1. The largest absolute Gasteiger partial charge is 0.506 e. The molecule has 0 unspecified atom stereocenters. The molecule has 0 fully saturated rings. The van der Waals surface area contributed by atoms with E-state index in [2.05, 4.69) is 14.8 Å². The van der Waals surface area contributed by atoms with Crippen LogP contribution in [0.2, 0.25) is 0 Å². The molecule has 1 aliphatic heterocycles. The van der Waals surface area contributed by atoms with Crippen LogP contribution in [0.1, 0.15) is 31.4 Å². The monoisotopic (exact) mass is 530 g/mol. The van der Waals surface area contributed by atoms with E-state index in [4.69, 9.17) is 4.74 Å². The van der Waals surface area contributed by atoms with Gasteiger partial charge in [0, 0.05) is 17.7 Å². The van der Waals surface area contributed by atoms with Crippen LogP contribution in [-0.4, -0.2) is 30.3 Å². The molecule has 0 spiro atoms. The molecule has 194 valence electrons. The summed E-state index contributed by atoms with van der Waals surface area (Å²) in [5, 5.41) is 18.6. The van der Waals surface area contributed by atoms with Crippen molar-refractivity contribution in [2.24, 2.45) is 15.4 Å². The topological polar surface area (TPSA) is 122 Å². The van der Waals surface area contributed by atoms with Crippen LogP contribution in [0.5, 0.6) is 11.5 Å². The molecule has 5 rings (SSSR count). The van der Waals surface area contributed by atoms with Crippen LogP contribution in [0, 0.1) is 5.92 Å². The van der Waals surface area contributed by atoms with Gasteiger partial charge in [-0.2, -0.15) is 18.2 Å². The van der Waals surface area contributed by atoms with Crippen molar-refractivity contribution in [3.05, 3.63) is 94.3 Å². The maximum Gasteiger partial charge on any atom is 0.286 e. The Balaban J connectivity index is 1.55. The Hall–Kier alpha value is -4.44. The number of hydrogen-bond acceptors (Lipinski definition) is 7. The molecule has 0 aliphatic carbocycles. The van der Waals surface area contributed by atoms with Crippen molar-refractivity contribution in [3.63, 3.8) is 0 Å². The molecule has 38 heavy (non-hydrogen) atoms. The van der Waals surface area contributed by atoms with Crippen LogP contribution in [0.25, 0.3) is 10.9 Å². The Kier molecular flexibility index (Phi) is 6.73. The third-order valence-corrected chi connectivity index (χ3v) is 7.30. The zero-order chi connectivity index (χ0) is 26.9. The molecule has 1 aromatic heterocycles. The summed E-state index contributed by atoms with van der Waals surface area (Å²) in [6.07, 6.45) is 2.26. The predicted octanol–water partition coefficient (Wildman–Crippen LogP) is 4.73. The molecule has 10 heteroatoms. The number of para-hydroxylation sites is 1. The van der Waals surface area contributed by atoms with Crippen molar-refractivity contribution in [2.45, 2.75) is 31.8 Å². The average molecular weight is 531 g/mol. The van der Waals surface area contributed by atoms with Crippen molar-refractivity contribution in [3.8, 4) is 11.5 Å². The minimum Gasteiger partial charge on any atom is -0.506 e. The van der Waals surface area contributed by atoms with Crippen molar-refractivity contribution in [1.29, 1.82) is 0 Å². The number of hydrogen-bond donors (Lipinski definition) is 2. The summed E-state index contributed by atoms with van der Waals surface area (Å²) in [7, 11) is -4.22. The summed E-state index contributed by atoms with van der Waals surface area (Å²) in [5.74, 6) is 0.0158. The molecule has 3 aromatic carbocycles. The maximum atomic E-state index is 13.5. The highest BCUT2D eigenvalue weighted by molar-refractivity contribution is 7.90. The van der Waals surface area contributed by atoms with E-state index in [9.17, 15) is 18.3 Å². The molecular formula is C28H26N4O5S. The van der Waals surface area contributed by atoms with Gasteiger partial charge in [0.2, 0.25) is 0 Å². The summed E-state index contributed by atoms with van der Waals surface area (Å²) in [4.78, 5) is 13.4. The zero-order valence-corrected chi connectivity index (χ0v) is 21.6. The normalized spacial score (nSPS) is 14.3. The first-order valence-corrected chi connectivity index (χ1v) is 13.5. The minimum atomic E-state index is -4.22. The van der Waals surface area contributed by atoms with Gasteiger partial charge in [-0.25, -0.2) is 0 Å². The number of aromatic nitrogens is 1. The van der Waals surface area contributed by atoms with E-state index < -0.39 is 15.6 Å². The molecule has 1 aliphatic rings. The number of rotatable bonds is 7. The van der Waals surface area contributed by atoms with E-state index in [0.717, 1.165) is 10.2 Å². The van der Waals surface area contributed by atoms with Crippen molar-refractivity contribution >= 4 is 38.7 Å². The number of amidine groups is 1. The molecule has 0 saturated heterocycles. The van der Waals surface area contributed by atoms with Gasteiger partial charge in [0.25, 0.3) is 15.6 Å². The number of pyridine rings is 1. The predicted molar refractivity (Wildman–Crippen MR) is 148 cm³/mol. The Labute approximate surface area is 219 Å². The summed E-state index contributed by atoms with van der Waals surface area (Å²) < 4.78 is 37.2. The smallest absolute Gasteiger partial charge is 0.286 e. The molecular weight excluding hydrogens is 504 g/mol. The molecule has 0 amide bonds. The van der Waals surface area contributed by atoms with Crippen LogP contribution in [0.3, 0.4) is 0 Å². The lowest BCUT2D eigenvalue weighted by Crippen LogP contribution is -2.31. The molecule has 2 N–H and O–H groups in total. The Morgan fingerprint density at radius 1 is 1.08 bits per heavy atom. The highest BCUT2D eigenvalue weighted by Gasteiger charge is 2.30. The number of nitrogens with zero attached hydrogens (tertiary/aromatic N) is 3. The quantitative estimate of drug-likeness (QED) is 0.333. The highest BCUT2D eigenvalue weighted by Crippen LogP contribution is 2.34. The highest BCUT2D eigenvalue weighted by atomic mass is 32.2. The molecule has 0 radical (unpaired) electrons. The van der Waals surface area contributed by atoms with Crippen LogP contribution in [0.15, 0.2) is 92.0 Å². The van der Waals surface area contributed by atoms with E-state index in [1.165, 1.54) is 6.07 Å². The number of benzene rings is 3. The lowest BCUT2D eigenvalue weighted by Gasteiger charge is -2.20. The third-order valence-electron chi connectivity index (χ3n) is 5.98. The summed E-state index contributed by atoms with van der Waals surface area (Å²) >= 11 is 0. The second-order valence-corrected chi connectivity index (χ2v) is 10.8. The van der Waals surface area contributed by atoms with Gasteiger partial charge in [-0.05, 0) is 42.2 Å². The Bertz CT molecular complexity index is 1740. The summed E-state index contributed by atoms with van der Waals surface area (Å²) in [6, 6.07) is 20.8. The molecule has 2 heterocycles. The van der Waals surface area contributed by atoms with Gasteiger partial charge in [-0.3, -0.25) is 4.79 Å². The van der Waals surface area contributed by atoms with Gasteiger partial charge < -0.3 is 15.2 Å². The number of aromatic hydroxyl groups is 1. The van der Waals surface area contributed by atoms with Gasteiger partial charge in [0.1, 0.15) is 28.6 Å². The molecule has 9 nitrogen and oxygen atoms in total. The Morgan fingerprint density at radius 2 is 1.82 bits per heavy atom. The van der Waals surface area contributed by atoms with Crippen LogP contribution >= 0.6 is 0 Å². The van der Waals surface area contributed by atoms with E-state index in [0.29, 0.717) is 29.0 Å². The number of sulfonamides is 1. The lowest BCUT2D eigenvalue weighted by atomic mass is 10.1. The average Bonchev–Trinajstić information content (AvgIpc) is 2.90. The second kappa shape index (κ2) is 10.1. The third kappa shape index (κ3) is 4.90. The fourth-order valence-electron chi connectivity index (χ4n) is 4.06. The van der Waals surface area contributed by atoms with Crippen LogP contribution in [0.4, 0.5) is 5.69 Å². The van der Waals surface area contributed by atoms with E-state index in [-0.39, 0.29) is 34.3 Å². The summed E-state index contributed by atoms with van der Waals surface area (Å²) in [6.45, 7) is 4.32. The summed E-state index contributed by atoms with van der Waals surface area (Å²) in [5.41, 5.74) is 0.547. The van der Waals surface area contributed by atoms with Crippen LogP contribution < -0.4 is 15.6 Å². The molecule has 0 atom stereocenters. The maximum absolute atomic E-state index is 13.5. The first-order valence-electron chi connectivity index (χ1n) is 12.1. The lowest BCUT2D eigenvalue weighted by molar-refractivity contribution is 0.305. The van der Waals surface area contributed by atoms with Crippen LogP contribution in [-0.2, 0) is 16.6 Å². The van der Waals surface area contributed by atoms with E-state index in [1.54, 1.807) is 42.6 Å². The van der Waals surface area contributed by atoms with Gasteiger partial charge >= 0.3 is 0 Å². The zero-order valence-electron chi connectivity index (χ0n) is 20.8. The van der Waals surface area contributed by atoms with Gasteiger partial charge in [-0.15, -0.1) is 4.40 Å². The minimum absolute atomic E-state index is 0.0950. The van der Waals surface area contributed by atoms with Gasteiger partial charge in [0.15, 0.2) is 5.84 Å². The molecule has 4 aromatic rings. The number of ether oxygens (including phenoxy) is 1. The standard InChI is InChI=1S/C28H26N4O5S/c1-18(2)14-15-29-32-23-11-7-6-10-21(23)26(33)25(28(32)34)27-30-22-13-12-20(16-24(22)38(35,36)31-27)37-17-19-8-4-3-5-9-19/h3-13,15-16,18,33H,14,17H2,1-2H3,(H,30,31). The fourth-order valence-corrected chi connectivity index (χ4v) is 5.19. The van der Waals surface area contributed by atoms with Gasteiger partial charge in [-0.1, -0.05) is 56.3 Å².